The third kappa shape index (κ3) is 9.19. The number of esters is 1. The van der Waals surface area contributed by atoms with Crippen molar-refractivity contribution < 1.29 is 23.8 Å². The van der Waals surface area contributed by atoms with Crippen LogP contribution in [0.15, 0.2) is 24.3 Å². The van der Waals surface area contributed by atoms with Crippen LogP contribution in [0.2, 0.25) is 0 Å². The van der Waals surface area contributed by atoms with Crippen LogP contribution in [-0.4, -0.2) is 32.6 Å². The monoisotopic (exact) mass is 516 g/mol. The van der Waals surface area contributed by atoms with Gasteiger partial charge in [0.05, 0.1) is 25.7 Å². The molecule has 1 aromatic carbocycles. The summed E-state index contributed by atoms with van der Waals surface area (Å²) in [6, 6.07) is 5.60. The van der Waals surface area contributed by atoms with Gasteiger partial charge in [-0.1, -0.05) is 67.5 Å². The summed E-state index contributed by atoms with van der Waals surface area (Å²) in [6.45, 7) is 20.9. The van der Waals surface area contributed by atoms with Crippen molar-refractivity contribution in [1.82, 2.24) is 0 Å². The van der Waals surface area contributed by atoms with Crippen molar-refractivity contribution in [3.63, 3.8) is 0 Å². The zero-order chi connectivity index (χ0) is 28.3. The van der Waals surface area contributed by atoms with Gasteiger partial charge in [-0.05, 0) is 85.5 Å². The molecule has 1 aromatic rings. The largest absolute Gasteiger partial charge is 0.493 e. The number of allylic oxidation sites excluding steroid dienone is 1. The predicted octanol–water partition coefficient (Wildman–Crippen LogP) is 8.15. The van der Waals surface area contributed by atoms with Crippen LogP contribution in [-0.2, 0) is 14.3 Å². The summed E-state index contributed by atoms with van der Waals surface area (Å²) in [6.07, 6.45) is 8.45. The molecule has 1 atom stereocenters. The van der Waals surface area contributed by atoms with E-state index in [9.17, 15) is 9.59 Å². The predicted molar refractivity (Wildman–Crippen MR) is 153 cm³/mol. The van der Waals surface area contributed by atoms with Crippen LogP contribution >= 0.6 is 0 Å². The normalized spacial score (nSPS) is 14.2. The van der Waals surface area contributed by atoms with E-state index in [1.807, 2.05) is 18.2 Å². The molecule has 0 aliphatic rings. The number of methoxy groups -OCH3 is 1. The summed E-state index contributed by atoms with van der Waals surface area (Å²) < 4.78 is 17.2. The van der Waals surface area contributed by atoms with Crippen LogP contribution in [0, 0.1) is 28.1 Å². The highest BCUT2D eigenvalue weighted by Gasteiger charge is 2.52. The Morgan fingerprint density at radius 1 is 0.892 bits per heavy atom. The van der Waals surface area contributed by atoms with Crippen LogP contribution in [0.5, 0.6) is 11.5 Å². The number of hydrogen-bond donors (Lipinski definition) is 0. The molecule has 0 fully saturated rings. The molecular weight excluding hydrogens is 464 g/mol. The third-order valence-electron chi connectivity index (χ3n) is 8.77. The Labute approximate surface area is 226 Å². The Balaban J connectivity index is 2.55. The van der Waals surface area contributed by atoms with E-state index in [4.69, 9.17) is 14.2 Å². The lowest BCUT2D eigenvalue weighted by Crippen LogP contribution is -2.49. The maximum absolute atomic E-state index is 13.5. The topological polar surface area (TPSA) is 61.8 Å². The highest BCUT2D eigenvalue weighted by atomic mass is 16.5. The molecule has 0 radical (unpaired) electrons. The maximum atomic E-state index is 13.5. The molecule has 5 heteroatoms. The number of carbonyl (C=O) groups is 2. The number of ether oxygens (including phenoxy) is 3. The summed E-state index contributed by atoms with van der Waals surface area (Å²) in [7, 11) is 1.60. The Bertz CT molecular complexity index is 881. The number of unbranched alkanes of at least 4 members (excludes halogenated alkanes) is 3. The molecule has 0 amide bonds. The molecule has 0 aliphatic carbocycles. The zero-order valence-electron chi connectivity index (χ0n) is 25.1. The average molecular weight is 517 g/mol. The van der Waals surface area contributed by atoms with Crippen molar-refractivity contribution in [1.29, 1.82) is 0 Å². The fourth-order valence-electron chi connectivity index (χ4n) is 4.44. The second-order valence-electron chi connectivity index (χ2n) is 12.3. The number of carbonyl (C=O) groups excluding carboxylic acids is 2. The summed E-state index contributed by atoms with van der Waals surface area (Å²) in [5, 5.41) is 0. The standard InChI is InChI=1S/C32H52O5/c1-24(2)30(5,6)23-32(9,31(7,8)25(3)4)29(34)37-21-14-12-11-13-20-36-27-18-17-26(16-15-19-33)22-28(27)35-10/h15-19,22,24-25H,11-14,20-21,23H2,1-10H3/b16-15+. The molecule has 1 unspecified atom stereocenters. The van der Waals surface area contributed by atoms with Crippen molar-refractivity contribution in [2.45, 2.75) is 94.4 Å². The van der Waals surface area contributed by atoms with E-state index >= 15 is 0 Å². The minimum Gasteiger partial charge on any atom is -0.493 e. The van der Waals surface area contributed by atoms with E-state index in [0.29, 0.717) is 36.5 Å². The molecule has 0 saturated carbocycles. The highest BCUT2D eigenvalue weighted by molar-refractivity contribution is 5.77. The van der Waals surface area contributed by atoms with Crippen molar-refractivity contribution in [3.05, 3.63) is 29.8 Å². The first-order valence-corrected chi connectivity index (χ1v) is 13.8. The Morgan fingerprint density at radius 3 is 2.05 bits per heavy atom. The van der Waals surface area contributed by atoms with Crippen LogP contribution in [0.1, 0.15) is 100.0 Å². The van der Waals surface area contributed by atoms with E-state index in [-0.39, 0.29) is 16.8 Å². The molecule has 1 rings (SSSR count). The maximum Gasteiger partial charge on any atom is 0.312 e. The van der Waals surface area contributed by atoms with Gasteiger partial charge >= 0.3 is 5.97 Å². The number of aldehydes is 1. The minimum atomic E-state index is -0.555. The van der Waals surface area contributed by atoms with E-state index in [2.05, 4.69) is 62.3 Å². The van der Waals surface area contributed by atoms with Gasteiger partial charge in [0.2, 0.25) is 0 Å². The van der Waals surface area contributed by atoms with Crippen molar-refractivity contribution in [2.24, 2.45) is 28.1 Å². The van der Waals surface area contributed by atoms with Gasteiger partial charge < -0.3 is 14.2 Å². The first kappa shape index (κ1) is 32.7. The van der Waals surface area contributed by atoms with Crippen molar-refractivity contribution in [2.75, 3.05) is 20.3 Å². The van der Waals surface area contributed by atoms with Crippen molar-refractivity contribution >= 4 is 18.3 Å². The molecule has 5 nitrogen and oxygen atoms in total. The van der Waals surface area contributed by atoms with Gasteiger partial charge in [-0.25, -0.2) is 0 Å². The van der Waals surface area contributed by atoms with E-state index in [1.165, 1.54) is 6.08 Å². The summed E-state index contributed by atoms with van der Waals surface area (Å²) in [5.74, 6) is 2.10. The Morgan fingerprint density at radius 2 is 1.51 bits per heavy atom. The molecule has 0 bridgehead atoms. The second-order valence-corrected chi connectivity index (χ2v) is 12.3. The molecule has 0 heterocycles. The van der Waals surface area contributed by atoms with Gasteiger partial charge in [0, 0.05) is 0 Å². The van der Waals surface area contributed by atoms with Gasteiger partial charge in [0.25, 0.3) is 0 Å². The molecule has 210 valence electrons. The summed E-state index contributed by atoms with van der Waals surface area (Å²) >= 11 is 0. The van der Waals surface area contributed by atoms with Gasteiger partial charge in [0.15, 0.2) is 11.5 Å². The fourth-order valence-corrected chi connectivity index (χ4v) is 4.44. The molecule has 0 N–H and O–H groups in total. The SMILES string of the molecule is COc1cc(/C=C/C=O)ccc1OCCCCCCOC(=O)C(C)(CC(C)(C)C(C)C)C(C)(C)C(C)C. The quantitative estimate of drug-likeness (QED) is 0.0904. The van der Waals surface area contributed by atoms with Gasteiger partial charge in [0.1, 0.15) is 6.29 Å². The lowest BCUT2D eigenvalue weighted by atomic mass is 9.55. The van der Waals surface area contributed by atoms with E-state index < -0.39 is 5.41 Å². The molecule has 37 heavy (non-hydrogen) atoms. The first-order valence-electron chi connectivity index (χ1n) is 13.8. The van der Waals surface area contributed by atoms with Crippen LogP contribution in [0.3, 0.4) is 0 Å². The molecule has 0 aromatic heterocycles. The number of benzene rings is 1. The molecule has 0 spiro atoms. The van der Waals surface area contributed by atoms with Gasteiger partial charge in [-0.2, -0.15) is 0 Å². The number of rotatable bonds is 17. The Kier molecular flexibility index (Phi) is 12.9. The van der Waals surface area contributed by atoms with Crippen LogP contribution in [0.4, 0.5) is 0 Å². The van der Waals surface area contributed by atoms with Crippen LogP contribution < -0.4 is 9.47 Å². The number of hydrogen-bond acceptors (Lipinski definition) is 5. The van der Waals surface area contributed by atoms with Crippen LogP contribution in [0.25, 0.3) is 6.08 Å². The lowest BCUT2D eigenvalue weighted by molar-refractivity contribution is -0.169. The second kappa shape index (κ2) is 14.6. The summed E-state index contributed by atoms with van der Waals surface area (Å²) in [5.41, 5.74) is 0.180. The van der Waals surface area contributed by atoms with E-state index in [0.717, 1.165) is 44.0 Å². The first-order chi connectivity index (χ1) is 17.2. The molecular formula is C32H52O5. The Hall–Kier alpha value is -2.30. The van der Waals surface area contributed by atoms with Gasteiger partial charge in [-0.15, -0.1) is 0 Å². The smallest absolute Gasteiger partial charge is 0.312 e. The average Bonchev–Trinajstić information content (AvgIpc) is 2.83. The molecule has 0 saturated heterocycles. The minimum absolute atomic E-state index is 0.0368. The lowest BCUT2D eigenvalue weighted by Gasteiger charge is -2.49. The van der Waals surface area contributed by atoms with Crippen molar-refractivity contribution in [3.8, 4) is 11.5 Å². The molecule has 0 aliphatic heterocycles. The van der Waals surface area contributed by atoms with E-state index in [1.54, 1.807) is 13.2 Å². The zero-order valence-corrected chi connectivity index (χ0v) is 25.1. The van der Waals surface area contributed by atoms with Gasteiger partial charge in [-0.3, -0.25) is 9.59 Å². The fraction of sp³-hybridized carbons (Fsp3) is 0.688. The highest BCUT2D eigenvalue weighted by Crippen LogP contribution is 2.53. The summed E-state index contributed by atoms with van der Waals surface area (Å²) in [4.78, 5) is 24.0. The third-order valence-corrected chi connectivity index (χ3v) is 8.77.